The smallest absolute Gasteiger partial charge is 0.192 e. The number of hydrogen-bond donors (Lipinski definition) is 1. The zero-order valence-corrected chi connectivity index (χ0v) is 31.0. The zero-order valence-electron chi connectivity index (χ0n) is 29.0. The molecule has 7 nitrogen and oxygen atoms in total. The lowest BCUT2D eigenvalue weighted by molar-refractivity contribution is -0.343. The third kappa shape index (κ3) is 7.68. The molecule has 4 rings (SSSR count). The van der Waals surface area contributed by atoms with Gasteiger partial charge in [0.05, 0.1) is 42.7 Å². The molecule has 43 heavy (non-hydrogen) atoms. The van der Waals surface area contributed by atoms with E-state index in [0.29, 0.717) is 19.6 Å². The molecule has 0 aromatic heterocycles. The van der Waals surface area contributed by atoms with Gasteiger partial charge in [-0.1, -0.05) is 71.9 Å². The fourth-order valence-corrected chi connectivity index (χ4v) is 8.93. The Morgan fingerprint density at radius 2 is 1.53 bits per heavy atom. The van der Waals surface area contributed by atoms with Gasteiger partial charge in [-0.15, -0.1) is 0 Å². The summed E-state index contributed by atoms with van der Waals surface area (Å²) in [6.45, 7) is 27.6. The number of aliphatic hydroxyl groups excluding tert-OH is 1. The van der Waals surface area contributed by atoms with Crippen molar-refractivity contribution in [1.29, 1.82) is 0 Å². The Labute approximate surface area is 263 Å². The molecule has 1 N–H and O–H groups in total. The first-order valence-electron chi connectivity index (χ1n) is 16.3. The van der Waals surface area contributed by atoms with Crippen molar-refractivity contribution in [3.05, 3.63) is 35.9 Å². The summed E-state index contributed by atoms with van der Waals surface area (Å²) < 4.78 is 40.8. The van der Waals surface area contributed by atoms with Crippen LogP contribution in [0.2, 0.25) is 36.3 Å². The van der Waals surface area contributed by atoms with E-state index in [1.165, 1.54) is 0 Å². The lowest BCUT2D eigenvalue weighted by Gasteiger charge is -2.46. The predicted octanol–water partition coefficient (Wildman–Crippen LogP) is 7.58. The second-order valence-electron chi connectivity index (χ2n) is 16.9. The zero-order chi connectivity index (χ0) is 32.1. The fourth-order valence-electron chi connectivity index (χ4n) is 6.22. The Morgan fingerprint density at radius 3 is 2.12 bits per heavy atom. The molecule has 3 saturated heterocycles. The quantitative estimate of drug-likeness (QED) is 0.251. The Kier molecular flexibility index (Phi) is 9.99. The van der Waals surface area contributed by atoms with E-state index >= 15 is 0 Å². The molecule has 0 radical (unpaired) electrons. The maximum Gasteiger partial charge on any atom is 0.192 e. The highest BCUT2D eigenvalue weighted by Crippen LogP contribution is 2.52. The molecule has 3 fully saturated rings. The van der Waals surface area contributed by atoms with E-state index in [4.69, 9.17) is 27.8 Å². The minimum atomic E-state index is -2.18. The van der Waals surface area contributed by atoms with Crippen LogP contribution in [0.5, 0.6) is 0 Å². The minimum absolute atomic E-state index is 0.00949. The van der Waals surface area contributed by atoms with Crippen molar-refractivity contribution in [2.75, 3.05) is 13.2 Å². The van der Waals surface area contributed by atoms with Gasteiger partial charge in [-0.05, 0) is 62.1 Å². The molecule has 7 atom stereocenters. The van der Waals surface area contributed by atoms with Crippen molar-refractivity contribution in [2.45, 2.75) is 165 Å². The third-order valence-electron chi connectivity index (χ3n) is 11.0. The van der Waals surface area contributed by atoms with Gasteiger partial charge in [0, 0.05) is 19.3 Å². The first-order valence-corrected chi connectivity index (χ1v) is 22.1. The summed E-state index contributed by atoms with van der Waals surface area (Å²) in [5.41, 5.74) is 0.0822. The third-order valence-corrected chi connectivity index (χ3v) is 20.0. The molecule has 3 aliphatic heterocycles. The normalized spacial score (nSPS) is 34.5. The maximum atomic E-state index is 10.7. The van der Waals surface area contributed by atoms with Crippen LogP contribution in [-0.4, -0.2) is 76.4 Å². The molecule has 0 amide bonds. The van der Waals surface area contributed by atoms with E-state index < -0.39 is 34.1 Å². The molecule has 3 aliphatic rings. The lowest BCUT2D eigenvalue weighted by Crippen LogP contribution is -2.56. The van der Waals surface area contributed by atoms with Gasteiger partial charge in [0.1, 0.15) is 12.7 Å². The summed E-state index contributed by atoms with van der Waals surface area (Å²) in [5, 5.41) is 10.8. The minimum Gasteiger partial charge on any atom is -0.411 e. The van der Waals surface area contributed by atoms with Crippen LogP contribution >= 0.6 is 0 Å². The van der Waals surface area contributed by atoms with E-state index in [1.54, 1.807) is 0 Å². The van der Waals surface area contributed by atoms with E-state index in [-0.39, 0.29) is 40.6 Å². The monoisotopic (exact) mass is 636 g/mol. The number of hydrogen-bond acceptors (Lipinski definition) is 7. The summed E-state index contributed by atoms with van der Waals surface area (Å²) in [7, 11) is -4.34. The van der Waals surface area contributed by atoms with Gasteiger partial charge in [-0.3, -0.25) is 0 Å². The molecule has 0 aliphatic carbocycles. The summed E-state index contributed by atoms with van der Waals surface area (Å²) >= 11 is 0. The molecule has 0 unspecified atom stereocenters. The van der Waals surface area contributed by atoms with Gasteiger partial charge in [-0.25, -0.2) is 0 Å². The van der Waals surface area contributed by atoms with Crippen LogP contribution in [0.3, 0.4) is 0 Å². The molecule has 3 heterocycles. The van der Waals surface area contributed by atoms with E-state index in [9.17, 15) is 5.11 Å². The largest absolute Gasteiger partial charge is 0.411 e. The molecule has 1 aromatic carbocycles. The van der Waals surface area contributed by atoms with E-state index in [1.807, 2.05) is 18.2 Å². The molecular formula is C34H60O7Si2. The van der Waals surface area contributed by atoms with Crippen LogP contribution in [0.25, 0.3) is 0 Å². The van der Waals surface area contributed by atoms with Crippen LogP contribution in [-0.2, 0) is 34.4 Å². The first-order chi connectivity index (χ1) is 19.6. The number of ether oxygens (including phenoxy) is 4. The Hall–Kier alpha value is -0.626. The summed E-state index contributed by atoms with van der Waals surface area (Å²) in [4.78, 5) is 0. The molecule has 9 heteroatoms. The second-order valence-corrected chi connectivity index (χ2v) is 26.4. The van der Waals surface area contributed by atoms with Crippen molar-refractivity contribution >= 4 is 16.6 Å². The van der Waals surface area contributed by atoms with Crippen LogP contribution in [0.4, 0.5) is 0 Å². The highest BCUT2D eigenvalue weighted by Gasteiger charge is 2.61. The second kappa shape index (κ2) is 12.2. The number of benzene rings is 1. The van der Waals surface area contributed by atoms with Crippen LogP contribution < -0.4 is 0 Å². The van der Waals surface area contributed by atoms with Crippen molar-refractivity contribution in [3.63, 3.8) is 0 Å². The first kappa shape index (κ1) is 35.2. The Balaban J connectivity index is 1.60. The molecule has 1 aromatic rings. The number of aliphatic hydroxyl groups is 1. The van der Waals surface area contributed by atoms with Gasteiger partial charge in [-0.2, -0.15) is 0 Å². The van der Waals surface area contributed by atoms with Crippen LogP contribution in [0, 0.1) is 0 Å². The summed E-state index contributed by atoms with van der Waals surface area (Å²) in [5.74, 6) is -0.815. The molecule has 2 bridgehead atoms. The van der Waals surface area contributed by atoms with Crippen molar-refractivity contribution in [2.24, 2.45) is 0 Å². The van der Waals surface area contributed by atoms with E-state index in [2.05, 4.69) is 93.7 Å². The van der Waals surface area contributed by atoms with Gasteiger partial charge in [0.15, 0.2) is 22.4 Å². The highest BCUT2D eigenvalue weighted by molar-refractivity contribution is 6.74. The maximum absolute atomic E-state index is 10.7. The van der Waals surface area contributed by atoms with Gasteiger partial charge in [0.2, 0.25) is 0 Å². The molecular weight excluding hydrogens is 577 g/mol. The van der Waals surface area contributed by atoms with E-state index in [0.717, 1.165) is 24.8 Å². The topological polar surface area (TPSA) is 75.6 Å². The van der Waals surface area contributed by atoms with Gasteiger partial charge in [0.25, 0.3) is 0 Å². The summed E-state index contributed by atoms with van der Waals surface area (Å²) in [6, 6.07) is 10.2. The average Bonchev–Trinajstić information content (AvgIpc) is 3.34. The van der Waals surface area contributed by atoms with Crippen molar-refractivity contribution in [1.82, 2.24) is 0 Å². The molecule has 0 saturated carbocycles. The van der Waals surface area contributed by atoms with Crippen LogP contribution in [0.15, 0.2) is 30.3 Å². The molecule has 246 valence electrons. The predicted molar refractivity (Wildman–Crippen MR) is 176 cm³/mol. The fraction of sp³-hybridized carbons (Fsp3) is 0.824. The highest BCUT2D eigenvalue weighted by atomic mass is 28.4. The van der Waals surface area contributed by atoms with Gasteiger partial charge < -0.3 is 32.9 Å². The Morgan fingerprint density at radius 1 is 0.907 bits per heavy atom. The Bertz CT molecular complexity index is 1080. The lowest BCUT2D eigenvalue weighted by atomic mass is 9.90. The van der Waals surface area contributed by atoms with Gasteiger partial charge >= 0.3 is 0 Å². The molecule has 0 spiro atoms. The number of fused-ring (bicyclic) bond motifs is 2. The number of rotatable bonds is 11. The van der Waals surface area contributed by atoms with Crippen molar-refractivity contribution < 1.29 is 32.9 Å². The SMILES string of the molecule is CC(C)(C)[Si](C)(C)O[C@@H](CO)[C@@]1(C)C[C@@H](O[Si](C)(C)C(C)(C)C)[C@@H]([C@H]2C[C@]3(C)CC[C@](COCc4ccccc4)(O2)O3)O1. The standard InChI is InChI=1S/C34H60O7Si2/c1-30(2,3)42(9,10)39-27-21-33(8,28(22-35)40-43(11,12)31(4,5)6)38-29(27)26-20-32(7)18-19-34(37-26,41-32)24-36-23-25-16-14-13-15-17-25/h13-17,26-29,35H,18-24H2,1-12H3/t26-,27-,28+,29-,32+,33-,34+/m1/s1. The summed E-state index contributed by atoms with van der Waals surface area (Å²) in [6.07, 6.45) is 1.86. The van der Waals surface area contributed by atoms with Crippen LogP contribution in [0.1, 0.15) is 86.6 Å². The van der Waals surface area contributed by atoms with Crippen molar-refractivity contribution in [3.8, 4) is 0 Å². The average molecular weight is 637 g/mol.